The third-order valence-electron chi connectivity index (χ3n) is 5.08. The molecule has 148 valence electrons. The van der Waals surface area contributed by atoms with Crippen molar-refractivity contribution in [2.24, 2.45) is 10.8 Å². The number of hydrogen-bond donors (Lipinski definition) is 0. The summed E-state index contributed by atoms with van der Waals surface area (Å²) in [6, 6.07) is 11.3. The van der Waals surface area contributed by atoms with E-state index in [1.165, 1.54) is 7.11 Å². The predicted molar refractivity (Wildman–Crippen MR) is 98.5 cm³/mol. The molecule has 1 aliphatic rings. The zero-order chi connectivity index (χ0) is 20.9. The van der Waals surface area contributed by atoms with Crippen molar-refractivity contribution < 1.29 is 23.8 Å². The van der Waals surface area contributed by atoms with Crippen molar-refractivity contribution in [3.63, 3.8) is 0 Å². The van der Waals surface area contributed by atoms with Crippen molar-refractivity contribution in [2.45, 2.75) is 45.8 Å². The van der Waals surface area contributed by atoms with Gasteiger partial charge in [-0.3, -0.25) is 9.59 Å². The fourth-order valence-electron chi connectivity index (χ4n) is 3.49. The van der Waals surface area contributed by atoms with E-state index in [1.807, 2.05) is 0 Å². The van der Waals surface area contributed by atoms with E-state index >= 15 is 0 Å². The van der Waals surface area contributed by atoms with Gasteiger partial charge in [-0.05, 0) is 31.9 Å². The van der Waals surface area contributed by atoms with E-state index in [2.05, 4.69) is 12.1 Å². The zero-order valence-electron chi connectivity index (χ0n) is 16.5. The fourth-order valence-corrected chi connectivity index (χ4v) is 3.49. The number of methoxy groups -OCH3 is 1. The highest BCUT2D eigenvalue weighted by Gasteiger charge is 2.51. The van der Waals surface area contributed by atoms with E-state index in [0.29, 0.717) is 5.56 Å². The molecule has 0 bridgehead atoms. The van der Waals surface area contributed by atoms with Gasteiger partial charge in [-0.2, -0.15) is 10.5 Å². The van der Waals surface area contributed by atoms with Crippen LogP contribution in [0.4, 0.5) is 0 Å². The van der Waals surface area contributed by atoms with Gasteiger partial charge in [-0.15, -0.1) is 0 Å². The second kappa shape index (κ2) is 8.41. The Morgan fingerprint density at radius 3 is 2.50 bits per heavy atom. The number of esters is 2. The molecule has 7 heteroatoms. The Bertz CT molecular complexity index is 820. The highest BCUT2D eigenvalue weighted by Crippen LogP contribution is 2.47. The maximum absolute atomic E-state index is 12.5. The van der Waals surface area contributed by atoms with Crippen molar-refractivity contribution in [2.75, 3.05) is 13.7 Å². The van der Waals surface area contributed by atoms with Crippen molar-refractivity contribution >= 4 is 11.9 Å². The lowest BCUT2D eigenvalue weighted by molar-refractivity contribution is -0.170. The van der Waals surface area contributed by atoms with Gasteiger partial charge in [0.1, 0.15) is 6.10 Å². The number of carbonyl (C=O) groups is 2. The Kier molecular flexibility index (Phi) is 6.43. The highest BCUT2D eigenvalue weighted by molar-refractivity contribution is 5.77. The third kappa shape index (κ3) is 3.85. The van der Waals surface area contributed by atoms with Gasteiger partial charge >= 0.3 is 11.9 Å². The minimum atomic E-state index is -1.59. The standard InChI is InChI=1S/C21H24N2O5/c1-5-27-17(24)10-16-21(12-22,13-23)11-14-8-6-7-9-15(14)18(28-16)20(2,3)19(25)26-4/h6-9,16,18H,5,10-11H2,1-4H3/t16-,18-/m1/s1. The first-order chi connectivity index (χ1) is 13.3. The van der Waals surface area contributed by atoms with Crippen LogP contribution in [-0.4, -0.2) is 31.8 Å². The third-order valence-corrected chi connectivity index (χ3v) is 5.08. The van der Waals surface area contributed by atoms with E-state index in [4.69, 9.17) is 14.2 Å². The number of rotatable bonds is 5. The van der Waals surface area contributed by atoms with Crippen LogP contribution >= 0.6 is 0 Å². The van der Waals surface area contributed by atoms with Crippen molar-refractivity contribution in [3.05, 3.63) is 35.4 Å². The summed E-state index contributed by atoms with van der Waals surface area (Å²) in [7, 11) is 1.29. The maximum atomic E-state index is 12.5. The number of carbonyl (C=O) groups excluding carboxylic acids is 2. The lowest BCUT2D eigenvalue weighted by Gasteiger charge is -2.35. The number of nitriles is 2. The summed E-state index contributed by atoms with van der Waals surface area (Å²) in [5, 5.41) is 19.7. The van der Waals surface area contributed by atoms with Gasteiger partial charge in [0.25, 0.3) is 0 Å². The molecular formula is C21H24N2O5. The van der Waals surface area contributed by atoms with Crippen LogP contribution in [-0.2, 0) is 30.2 Å². The molecule has 0 N–H and O–H groups in total. The first-order valence-electron chi connectivity index (χ1n) is 9.05. The topological polar surface area (TPSA) is 109 Å². The summed E-state index contributed by atoms with van der Waals surface area (Å²) in [6.45, 7) is 5.20. The lowest BCUT2D eigenvalue weighted by Crippen LogP contribution is -2.41. The number of fused-ring (bicyclic) bond motifs is 1. The normalized spacial score (nSPS) is 20.6. The Morgan fingerprint density at radius 1 is 1.29 bits per heavy atom. The van der Waals surface area contributed by atoms with Crippen LogP contribution in [0.3, 0.4) is 0 Å². The van der Waals surface area contributed by atoms with Gasteiger partial charge < -0.3 is 14.2 Å². The van der Waals surface area contributed by atoms with Crippen LogP contribution in [0, 0.1) is 33.5 Å². The predicted octanol–water partition coefficient (Wildman–Crippen LogP) is 2.85. The van der Waals surface area contributed by atoms with Crippen LogP contribution in [0.5, 0.6) is 0 Å². The van der Waals surface area contributed by atoms with Crippen LogP contribution in [0.15, 0.2) is 24.3 Å². The van der Waals surface area contributed by atoms with Crippen molar-refractivity contribution in [1.29, 1.82) is 10.5 Å². The average molecular weight is 384 g/mol. The maximum Gasteiger partial charge on any atom is 0.314 e. The molecule has 7 nitrogen and oxygen atoms in total. The summed E-state index contributed by atoms with van der Waals surface area (Å²) < 4.78 is 16.1. The van der Waals surface area contributed by atoms with Crippen LogP contribution in [0.25, 0.3) is 0 Å². The lowest BCUT2D eigenvalue weighted by atomic mass is 9.77. The summed E-state index contributed by atoms with van der Waals surface area (Å²) >= 11 is 0. The molecule has 28 heavy (non-hydrogen) atoms. The van der Waals surface area contributed by atoms with E-state index < -0.39 is 35.0 Å². The van der Waals surface area contributed by atoms with Gasteiger partial charge in [0, 0.05) is 6.42 Å². The molecule has 0 aromatic heterocycles. The molecule has 0 amide bonds. The first kappa shape index (κ1) is 21.4. The summed E-state index contributed by atoms with van der Waals surface area (Å²) in [5.41, 5.74) is -1.29. The van der Waals surface area contributed by atoms with Crippen molar-refractivity contribution in [1.82, 2.24) is 0 Å². The number of benzene rings is 1. The minimum Gasteiger partial charge on any atom is -0.469 e. The molecule has 1 aliphatic heterocycles. The van der Waals surface area contributed by atoms with E-state index in [1.54, 1.807) is 45.0 Å². The second-order valence-corrected chi connectivity index (χ2v) is 7.30. The van der Waals surface area contributed by atoms with Gasteiger partial charge in [0.2, 0.25) is 0 Å². The molecule has 1 aromatic carbocycles. The largest absolute Gasteiger partial charge is 0.469 e. The van der Waals surface area contributed by atoms with Crippen molar-refractivity contribution in [3.8, 4) is 12.1 Å². The highest BCUT2D eigenvalue weighted by atomic mass is 16.5. The monoisotopic (exact) mass is 384 g/mol. The first-order valence-corrected chi connectivity index (χ1v) is 9.05. The van der Waals surface area contributed by atoms with Crippen LogP contribution in [0.2, 0.25) is 0 Å². The molecule has 0 radical (unpaired) electrons. The Hall–Kier alpha value is -2.90. The quantitative estimate of drug-likeness (QED) is 0.718. The SMILES string of the molecule is CCOC(=O)C[C@H]1O[C@@H](C(C)(C)C(=O)OC)c2ccccc2CC1(C#N)C#N. The molecule has 2 atom stereocenters. The summed E-state index contributed by atoms with van der Waals surface area (Å²) in [4.78, 5) is 24.6. The Balaban J connectivity index is 2.62. The van der Waals surface area contributed by atoms with Crippen LogP contribution in [0.1, 0.15) is 44.4 Å². The van der Waals surface area contributed by atoms with Gasteiger partial charge in [-0.1, -0.05) is 24.3 Å². The number of ether oxygens (including phenoxy) is 3. The van der Waals surface area contributed by atoms with Gasteiger partial charge in [-0.25, -0.2) is 0 Å². The molecule has 0 unspecified atom stereocenters. The molecule has 0 saturated heterocycles. The zero-order valence-corrected chi connectivity index (χ0v) is 16.5. The molecule has 0 saturated carbocycles. The molecule has 0 fully saturated rings. The van der Waals surface area contributed by atoms with Crippen LogP contribution < -0.4 is 0 Å². The van der Waals surface area contributed by atoms with Gasteiger partial charge in [0.05, 0.1) is 43.8 Å². The van der Waals surface area contributed by atoms with Gasteiger partial charge in [0.15, 0.2) is 5.41 Å². The summed E-state index contributed by atoms with van der Waals surface area (Å²) in [5.74, 6) is -1.06. The summed E-state index contributed by atoms with van der Waals surface area (Å²) in [6.07, 6.45) is -2.06. The van der Waals surface area contributed by atoms with E-state index in [9.17, 15) is 20.1 Å². The molecule has 0 spiro atoms. The average Bonchev–Trinajstić information content (AvgIpc) is 2.82. The smallest absolute Gasteiger partial charge is 0.314 e. The molecule has 1 heterocycles. The number of nitrogens with zero attached hydrogens (tertiary/aromatic N) is 2. The fraction of sp³-hybridized carbons (Fsp3) is 0.524. The molecule has 1 aromatic rings. The Labute approximate surface area is 164 Å². The Morgan fingerprint density at radius 2 is 1.93 bits per heavy atom. The van der Waals surface area contributed by atoms with E-state index in [0.717, 1.165) is 5.56 Å². The molecule has 2 rings (SSSR count). The molecule has 0 aliphatic carbocycles. The second-order valence-electron chi connectivity index (χ2n) is 7.30. The molecular weight excluding hydrogens is 360 g/mol. The number of hydrogen-bond acceptors (Lipinski definition) is 7. The minimum absolute atomic E-state index is 0.0774. The van der Waals surface area contributed by atoms with E-state index in [-0.39, 0.29) is 19.4 Å².